The zero-order valence-electron chi connectivity index (χ0n) is 8.51. The van der Waals surface area contributed by atoms with Crippen molar-refractivity contribution in [2.24, 2.45) is 0 Å². The van der Waals surface area contributed by atoms with E-state index in [0.29, 0.717) is 6.42 Å². The van der Waals surface area contributed by atoms with Gasteiger partial charge in [-0.1, -0.05) is 30.3 Å². The van der Waals surface area contributed by atoms with Crippen molar-refractivity contribution < 1.29 is 13.2 Å². The van der Waals surface area contributed by atoms with Crippen LogP contribution in [0.15, 0.2) is 30.3 Å². The molecule has 0 aliphatic heterocycles. The van der Waals surface area contributed by atoms with Crippen molar-refractivity contribution in [3.63, 3.8) is 0 Å². The second-order valence-electron chi connectivity index (χ2n) is 3.59. The average Bonchev–Trinajstić information content (AvgIpc) is 2.15. The Balaban J connectivity index is 2.34. The van der Waals surface area contributed by atoms with Crippen LogP contribution >= 0.6 is 0 Å². The molecule has 84 valence electrons. The molecule has 0 spiro atoms. The molecule has 0 saturated heterocycles. The van der Waals surface area contributed by atoms with Crippen LogP contribution in [0.25, 0.3) is 0 Å². The van der Waals surface area contributed by atoms with Gasteiger partial charge < -0.3 is 5.32 Å². The van der Waals surface area contributed by atoms with Crippen molar-refractivity contribution in [1.29, 1.82) is 0 Å². The highest BCUT2D eigenvalue weighted by Gasteiger charge is 2.27. The van der Waals surface area contributed by atoms with E-state index in [-0.39, 0.29) is 6.04 Å². The molecule has 1 N–H and O–H groups in total. The van der Waals surface area contributed by atoms with Crippen molar-refractivity contribution in [2.45, 2.75) is 25.6 Å². The van der Waals surface area contributed by atoms with Gasteiger partial charge in [0.25, 0.3) is 0 Å². The highest BCUT2D eigenvalue weighted by molar-refractivity contribution is 5.15. The summed E-state index contributed by atoms with van der Waals surface area (Å²) in [4.78, 5) is 0. The van der Waals surface area contributed by atoms with Crippen molar-refractivity contribution in [3.8, 4) is 0 Å². The third kappa shape index (κ3) is 5.42. The van der Waals surface area contributed by atoms with Crippen molar-refractivity contribution in [1.82, 2.24) is 5.32 Å². The smallest absolute Gasteiger partial charge is 0.306 e. The largest absolute Gasteiger partial charge is 0.401 e. The molecule has 0 aliphatic rings. The lowest BCUT2D eigenvalue weighted by atomic mass is 10.1. The molecular weight excluding hydrogens is 203 g/mol. The van der Waals surface area contributed by atoms with Gasteiger partial charge in [-0.05, 0) is 18.9 Å². The van der Waals surface area contributed by atoms with E-state index >= 15 is 0 Å². The number of alkyl halides is 3. The fraction of sp³-hybridized carbons (Fsp3) is 0.455. The minimum atomic E-state index is -4.13. The third-order valence-corrected chi connectivity index (χ3v) is 2.04. The fourth-order valence-corrected chi connectivity index (χ4v) is 1.33. The van der Waals surface area contributed by atoms with Crippen LogP contribution in [0.5, 0.6) is 0 Å². The number of hydrogen-bond donors (Lipinski definition) is 1. The third-order valence-electron chi connectivity index (χ3n) is 2.04. The van der Waals surface area contributed by atoms with Crippen LogP contribution in [0.4, 0.5) is 13.2 Å². The van der Waals surface area contributed by atoms with Gasteiger partial charge in [-0.2, -0.15) is 13.2 Å². The molecule has 1 aromatic carbocycles. The highest BCUT2D eigenvalue weighted by Crippen LogP contribution is 2.13. The predicted molar refractivity (Wildman–Crippen MR) is 53.7 cm³/mol. The van der Waals surface area contributed by atoms with Crippen LogP contribution in [-0.4, -0.2) is 18.8 Å². The summed E-state index contributed by atoms with van der Waals surface area (Å²) in [5.41, 5.74) is 1.04. The number of nitrogens with one attached hydrogen (secondary N) is 1. The number of halogens is 3. The Labute approximate surface area is 87.3 Å². The van der Waals surface area contributed by atoms with Gasteiger partial charge in [0, 0.05) is 6.04 Å². The Morgan fingerprint density at radius 3 is 2.33 bits per heavy atom. The predicted octanol–water partition coefficient (Wildman–Crippen LogP) is 2.77. The molecule has 0 saturated carbocycles. The van der Waals surface area contributed by atoms with E-state index in [0.717, 1.165) is 5.56 Å². The maximum Gasteiger partial charge on any atom is 0.401 e. The normalized spacial score (nSPS) is 13.9. The highest BCUT2D eigenvalue weighted by atomic mass is 19.4. The summed E-state index contributed by atoms with van der Waals surface area (Å²) in [7, 11) is 0. The van der Waals surface area contributed by atoms with Crippen molar-refractivity contribution in [3.05, 3.63) is 35.9 Å². The molecule has 0 heterocycles. The summed E-state index contributed by atoms with van der Waals surface area (Å²) < 4.78 is 35.7. The molecule has 15 heavy (non-hydrogen) atoms. The zero-order chi connectivity index (χ0) is 11.3. The number of rotatable bonds is 4. The van der Waals surface area contributed by atoms with Gasteiger partial charge in [-0.15, -0.1) is 0 Å². The lowest BCUT2D eigenvalue weighted by Gasteiger charge is -2.15. The van der Waals surface area contributed by atoms with Crippen molar-refractivity contribution in [2.75, 3.05) is 6.54 Å². The van der Waals surface area contributed by atoms with E-state index in [4.69, 9.17) is 0 Å². The molecular formula is C11H14F3N. The summed E-state index contributed by atoms with van der Waals surface area (Å²) in [6, 6.07) is 9.29. The van der Waals surface area contributed by atoms with Crippen LogP contribution in [0.2, 0.25) is 0 Å². The number of benzene rings is 1. The Morgan fingerprint density at radius 2 is 1.80 bits per heavy atom. The standard InChI is InChI=1S/C11H14F3N/c1-9(15-8-11(12,13)14)7-10-5-3-2-4-6-10/h2-6,9,15H,7-8H2,1H3/t9-/m1/s1. The maximum atomic E-state index is 11.9. The summed E-state index contributed by atoms with van der Waals surface area (Å²) in [5.74, 6) is 0. The lowest BCUT2D eigenvalue weighted by Crippen LogP contribution is -2.36. The molecule has 1 atom stereocenters. The molecule has 1 nitrogen and oxygen atoms in total. The quantitative estimate of drug-likeness (QED) is 0.817. The van der Waals surface area contributed by atoms with Gasteiger partial charge in [0.1, 0.15) is 0 Å². The van der Waals surface area contributed by atoms with Crippen LogP contribution in [0.1, 0.15) is 12.5 Å². The first kappa shape index (κ1) is 12.0. The van der Waals surface area contributed by atoms with E-state index < -0.39 is 12.7 Å². The summed E-state index contributed by atoms with van der Waals surface area (Å²) >= 11 is 0. The molecule has 1 rings (SSSR count). The van der Waals surface area contributed by atoms with Crippen LogP contribution < -0.4 is 5.32 Å². The van der Waals surface area contributed by atoms with Crippen LogP contribution in [-0.2, 0) is 6.42 Å². The van der Waals surface area contributed by atoms with Crippen molar-refractivity contribution >= 4 is 0 Å². The van der Waals surface area contributed by atoms with E-state index in [9.17, 15) is 13.2 Å². The molecule has 1 aromatic rings. The first-order valence-electron chi connectivity index (χ1n) is 4.81. The Hall–Kier alpha value is -1.03. The van der Waals surface area contributed by atoms with E-state index in [1.165, 1.54) is 0 Å². The topological polar surface area (TPSA) is 12.0 Å². The molecule has 0 bridgehead atoms. The molecule has 4 heteroatoms. The fourth-order valence-electron chi connectivity index (χ4n) is 1.33. The molecule has 0 fully saturated rings. The maximum absolute atomic E-state index is 11.9. The van der Waals surface area contributed by atoms with Gasteiger partial charge in [-0.3, -0.25) is 0 Å². The second kappa shape index (κ2) is 5.16. The minimum Gasteiger partial charge on any atom is -0.306 e. The van der Waals surface area contributed by atoms with Gasteiger partial charge in [0.2, 0.25) is 0 Å². The first-order chi connectivity index (χ1) is 6.97. The summed E-state index contributed by atoms with van der Waals surface area (Å²) in [6.07, 6.45) is -3.53. The summed E-state index contributed by atoms with van der Waals surface area (Å²) in [6.45, 7) is 0.819. The van der Waals surface area contributed by atoms with E-state index in [2.05, 4.69) is 5.32 Å². The average molecular weight is 217 g/mol. The van der Waals surface area contributed by atoms with E-state index in [1.54, 1.807) is 6.92 Å². The Bertz CT molecular complexity index is 282. The number of hydrogen-bond acceptors (Lipinski definition) is 1. The molecule has 0 amide bonds. The zero-order valence-corrected chi connectivity index (χ0v) is 8.51. The SMILES string of the molecule is C[C@H](Cc1ccccc1)NCC(F)(F)F. The van der Waals surface area contributed by atoms with Crippen LogP contribution in [0.3, 0.4) is 0 Å². The molecule has 0 unspecified atom stereocenters. The summed E-state index contributed by atoms with van der Waals surface area (Å²) in [5, 5.41) is 2.45. The van der Waals surface area contributed by atoms with Crippen LogP contribution in [0, 0.1) is 0 Å². The molecule has 0 aliphatic carbocycles. The van der Waals surface area contributed by atoms with Gasteiger partial charge in [0.15, 0.2) is 0 Å². The molecule has 0 radical (unpaired) electrons. The van der Waals surface area contributed by atoms with E-state index in [1.807, 2.05) is 30.3 Å². The van der Waals surface area contributed by atoms with Gasteiger partial charge in [-0.25, -0.2) is 0 Å². The lowest BCUT2D eigenvalue weighted by molar-refractivity contribution is -0.126. The molecule has 0 aromatic heterocycles. The first-order valence-corrected chi connectivity index (χ1v) is 4.81. The Morgan fingerprint density at radius 1 is 1.20 bits per heavy atom. The second-order valence-corrected chi connectivity index (χ2v) is 3.59. The Kier molecular flexibility index (Phi) is 4.15. The van der Waals surface area contributed by atoms with Gasteiger partial charge in [0.05, 0.1) is 6.54 Å². The minimum absolute atomic E-state index is 0.172. The monoisotopic (exact) mass is 217 g/mol. The van der Waals surface area contributed by atoms with Gasteiger partial charge >= 0.3 is 6.18 Å².